The zero-order valence-corrected chi connectivity index (χ0v) is 16.2. The second kappa shape index (κ2) is 7.40. The fourth-order valence-corrected chi connectivity index (χ4v) is 3.80. The summed E-state index contributed by atoms with van der Waals surface area (Å²) >= 11 is 1.40. The molecule has 4 aromatic rings. The predicted octanol–water partition coefficient (Wildman–Crippen LogP) is 3.38. The second-order valence-electron chi connectivity index (χ2n) is 6.44. The minimum Gasteiger partial charge on any atom is -0.325 e. The topological polar surface area (TPSA) is 95.6 Å². The summed E-state index contributed by atoms with van der Waals surface area (Å²) < 4.78 is 1.99. The molecule has 0 spiro atoms. The van der Waals surface area contributed by atoms with Crippen molar-refractivity contribution >= 4 is 34.4 Å². The molecule has 0 saturated heterocycles. The number of H-pyrrole nitrogens is 2. The fraction of sp³-hybridized carbons (Fsp3) is 0.150. The summed E-state index contributed by atoms with van der Waals surface area (Å²) in [6, 6.07) is 15.3. The van der Waals surface area contributed by atoms with E-state index in [1.807, 2.05) is 55.1 Å². The third-order valence-electron chi connectivity index (χ3n) is 4.45. The summed E-state index contributed by atoms with van der Waals surface area (Å²) in [4.78, 5) is 33.8. The number of nitrogens with one attached hydrogen (secondary N) is 3. The van der Waals surface area contributed by atoms with Crippen LogP contribution < -0.4 is 11.0 Å². The molecular formula is C20H19N5O2S. The standard InChI is InChI=1S/C20H19N5O2S/c1-12(18(26)22-14-8-9-15-16(10-14)24-19(27)23-15)28-20-21-11-17(25(20)2)13-6-4-3-5-7-13/h3-12H,1-2H3,(H,22,26)(H2,23,24,27). The molecule has 2 aromatic carbocycles. The van der Waals surface area contributed by atoms with Crippen LogP contribution in [0.5, 0.6) is 0 Å². The van der Waals surface area contributed by atoms with Crippen molar-refractivity contribution in [2.24, 2.45) is 7.05 Å². The molecule has 0 aliphatic rings. The van der Waals surface area contributed by atoms with Crippen molar-refractivity contribution in [2.45, 2.75) is 17.3 Å². The van der Waals surface area contributed by atoms with Gasteiger partial charge in [0, 0.05) is 12.7 Å². The highest BCUT2D eigenvalue weighted by molar-refractivity contribution is 8.00. The Morgan fingerprint density at radius 1 is 1.14 bits per heavy atom. The summed E-state index contributed by atoms with van der Waals surface area (Å²) in [6.07, 6.45) is 1.82. The Balaban J connectivity index is 1.47. The van der Waals surface area contributed by atoms with Crippen LogP contribution in [0.25, 0.3) is 22.3 Å². The molecule has 1 unspecified atom stereocenters. The largest absolute Gasteiger partial charge is 0.325 e. The quantitative estimate of drug-likeness (QED) is 0.453. The molecule has 0 bridgehead atoms. The van der Waals surface area contributed by atoms with Gasteiger partial charge in [-0.3, -0.25) is 4.79 Å². The van der Waals surface area contributed by atoms with Gasteiger partial charge < -0.3 is 19.9 Å². The van der Waals surface area contributed by atoms with Gasteiger partial charge in [0.15, 0.2) is 5.16 Å². The lowest BCUT2D eigenvalue weighted by atomic mass is 10.2. The lowest BCUT2D eigenvalue weighted by Crippen LogP contribution is -2.22. The van der Waals surface area contributed by atoms with E-state index < -0.39 is 0 Å². The molecule has 0 aliphatic carbocycles. The first-order valence-corrected chi connectivity index (χ1v) is 9.66. The number of aromatic amines is 2. The molecule has 1 atom stereocenters. The number of rotatable bonds is 5. The minimum absolute atomic E-state index is 0.133. The van der Waals surface area contributed by atoms with E-state index in [-0.39, 0.29) is 16.8 Å². The fourth-order valence-electron chi connectivity index (χ4n) is 2.95. The van der Waals surface area contributed by atoms with Crippen LogP contribution in [-0.2, 0) is 11.8 Å². The van der Waals surface area contributed by atoms with E-state index in [1.165, 1.54) is 11.8 Å². The maximum Gasteiger partial charge on any atom is 0.323 e. The highest BCUT2D eigenvalue weighted by Crippen LogP contribution is 2.28. The lowest BCUT2D eigenvalue weighted by molar-refractivity contribution is -0.115. The second-order valence-corrected chi connectivity index (χ2v) is 7.75. The monoisotopic (exact) mass is 393 g/mol. The van der Waals surface area contributed by atoms with E-state index in [4.69, 9.17) is 0 Å². The van der Waals surface area contributed by atoms with Crippen molar-refractivity contribution in [2.75, 3.05) is 5.32 Å². The van der Waals surface area contributed by atoms with Gasteiger partial charge in [-0.25, -0.2) is 9.78 Å². The molecule has 2 aromatic heterocycles. The van der Waals surface area contributed by atoms with Crippen LogP contribution in [0, 0.1) is 0 Å². The number of aromatic nitrogens is 4. The van der Waals surface area contributed by atoms with Gasteiger partial charge in [-0.2, -0.15) is 0 Å². The van der Waals surface area contributed by atoms with Gasteiger partial charge in [-0.05, 0) is 30.7 Å². The van der Waals surface area contributed by atoms with Gasteiger partial charge in [-0.1, -0.05) is 42.1 Å². The number of thioether (sulfide) groups is 1. The molecule has 28 heavy (non-hydrogen) atoms. The van der Waals surface area contributed by atoms with Crippen LogP contribution in [0.4, 0.5) is 5.69 Å². The van der Waals surface area contributed by atoms with Crippen LogP contribution in [0.2, 0.25) is 0 Å². The molecule has 7 nitrogen and oxygen atoms in total. The minimum atomic E-state index is -0.342. The maximum absolute atomic E-state index is 12.6. The molecule has 3 N–H and O–H groups in total. The van der Waals surface area contributed by atoms with Crippen molar-refractivity contribution in [3.05, 3.63) is 65.2 Å². The van der Waals surface area contributed by atoms with E-state index >= 15 is 0 Å². The molecule has 4 rings (SSSR count). The Hall–Kier alpha value is -3.26. The molecule has 0 radical (unpaired) electrons. The molecule has 0 aliphatic heterocycles. The number of hydrogen-bond acceptors (Lipinski definition) is 4. The predicted molar refractivity (Wildman–Crippen MR) is 112 cm³/mol. The third kappa shape index (κ3) is 3.59. The van der Waals surface area contributed by atoms with Crippen molar-refractivity contribution in [3.8, 4) is 11.3 Å². The Morgan fingerprint density at radius 3 is 2.68 bits per heavy atom. The molecule has 0 fully saturated rings. The van der Waals surface area contributed by atoms with E-state index in [0.29, 0.717) is 16.7 Å². The van der Waals surface area contributed by atoms with Gasteiger partial charge >= 0.3 is 5.69 Å². The Kier molecular flexibility index (Phi) is 4.79. The highest BCUT2D eigenvalue weighted by atomic mass is 32.2. The highest BCUT2D eigenvalue weighted by Gasteiger charge is 2.18. The molecule has 2 heterocycles. The first-order chi connectivity index (χ1) is 13.5. The van der Waals surface area contributed by atoms with E-state index in [0.717, 1.165) is 16.4 Å². The summed E-state index contributed by atoms with van der Waals surface area (Å²) in [7, 11) is 1.94. The van der Waals surface area contributed by atoms with Crippen LogP contribution >= 0.6 is 11.8 Å². The molecular weight excluding hydrogens is 374 g/mol. The first-order valence-electron chi connectivity index (χ1n) is 8.78. The molecule has 142 valence electrons. The van der Waals surface area contributed by atoms with Gasteiger partial charge in [0.1, 0.15) is 0 Å². The molecule has 1 amide bonds. The number of hydrogen-bond donors (Lipinski definition) is 3. The van der Waals surface area contributed by atoms with Gasteiger partial charge in [0.2, 0.25) is 5.91 Å². The van der Waals surface area contributed by atoms with Crippen molar-refractivity contribution < 1.29 is 4.79 Å². The van der Waals surface area contributed by atoms with Crippen LogP contribution in [-0.4, -0.2) is 30.7 Å². The third-order valence-corrected chi connectivity index (χ3v) is 5.61. The molecule has 8 heteroatoms. The van der Waals surface area contributed by atoms with E-state index in [1.54, 1.807) is 18.2 Å². The average Bonchev–Trinajstić information content (AvgIpc) is 3.24. The van der Waals surface area contributed by atoms with Gasteiger partial charge in [-0.15, -0.1) is 0 Å². The number of nitrogens with zero attached hydrogens (tertiary/aromatic N) is 2. The number of imidazole rings is 2. The maximum atomic E-state index is 12.6. The Morgan fingerprint density at radius 2 is 1.89 bits per heavy atom. The summed E-state index contributed by atoms with van der Waals surface area (Å²) in [6.45, 7) is 1.84. The normalized spacial score (nSPS) is 12.2. The van der Waals surface area contributed by atoms with Crippen LogP contribution in [0.3, 0.4) is 0 Å². The van der Waals surface area contributed by atoms with Crippen LogP contribution in [0.15, 0.2) is 64.7 Å². The summed E-state index contributed by atoms with van der Waals surface area (Å²) in [5.41, 5.74) is 3.79. The lowest BCUT2D eigenvalue weighted by Gasteiger charge is -2.12. The van der Waals surface area contributed by atoms with E-state index in [2.05, 4.69) is 20.3 Å². The van der Waals surface area contributed by atoms with Crippen molar-refractivity contribution in [1.29, 1.82) is 0 Å². The number of anilines is 1. The smallest absolute Gasteiger partial charge is 0.323 e. The summed E-state index contributed by atoms with van der Waals surface area (Å²) in [5.74, 6) is -0.133. The Bertz CT molecular complexity index is 1190. The zero-order valence-electron chi connectivity index (χ0n) is 15.4. The van der Waals surface area contributed by atoms with Gasteiger partial charge in [0.05, 0.1) is 28.2 Å². The van der Waals surface area contributed by atoms with Crippen molar-refractivity contribution in [1.82, 2.24) is 19.5 Å². The van der Waals surface area contributed by atoms with Crippen molar-refractivity contribution in [3.63, 3.8) is 0 Å². The summed E-state index contributed by atoms with van der Waals surface area (Å²) in [5, 5.41) is 3.32. The number of carbonyl (C=O) groups excluding carboxylic acids is 1. The van der Waals surface area contributed by atoms with Gasteiger partial charge in [0.25, 0.3) is 0 Å². The average molecular weight is 393 g/mol. The number of amides is 1. The first kappa shape index (κ1) is 18.1. The SMILES string of the molecule is CC(Sc1ncc(-c2ccccc2)n1C)C(=O)Nc1ccc2[nH]c(=O)[nH]c2c1. The number of carbonyl (C=O) groups is 1. The number of benzene rings is 2. The van der Waals surface area contributed by atoms with Crippen LogP contribution in [0.1, 0.15) is 6.92 Å². The number of fused-ring (bicyclic) bond motifs is 1. The Labute approximate surface area is 165 Å². The zero-order chi connectivity index (χ0) is 19.7. The molecule has 0 saturated carbocycles. The van der Waals surface area contributed by atoms with E-state index in [9.17, 15) is 9.59 Å².